The summed E-state index contributed by atoms with van der Waals surface area (Å²) in [5.41, 5.74) is 1.54. The lowest BCUT2D eigenvalue weighted by atomic mass is 10.2. The summed E-state index contributed by atoms with van der Waals surface area (Å²) < 4.78 is 7.71. The van der Waals surface area contributed by atoms with Crippen molar-refractivity contribution in [3.8, 4) is 17.1 Å². The summed E-state index contributed by atoms with van der Waals surface area (Å²) in [7, 11) is 3.37. The van der Waals surface area contributed by atoms with Crippen molar-refractivity contribution in [3.63, 3.8) is 0 Å². The van der Waals surface area contributed by atoms with Crippen LogP contribution in [0.4, 0.5) is 5.13 Å². The van der Waals surface area contributed by atoms with Crippen LogP contribution in [0.15, 0.2) is 29.4 Å². The molecule has 0 saturated carbocycles. The van der Waals surface area contributed by atoms with Crippen LogP contribution in [0.25, 0.3) is 11.4 Å². The quantitative estimate of drug-likeness (QED) is 0.307. The lowest BCUT2D eigenvalue weighted by Crippen LogP contribution is -2.21. The smallest absolute Gasteiger partial charge is 0.265 e. The molecule has 0 atom stereocenters. The van der Waals surface area contributed by atoms with Crippen LogP contribution >= 0.6 is 23.1 Å². The molecule has 0 aliphatic heterocycles. The number of carbonyl (C=O) groups excluding carboxylic acids is 2. The Hall–Kier alpha value is -2.92. The first-order chi connectivity index (χ1) is 16.3. The van der Waals surface area contributed by atoms with Crippen molar-refractivity contribution < 1.29 is 14.3 Å². The molecule has 0 spiro atoms. The Morgan fingerprint density at radius 2 is 1.91 bits per heavy atom. The molecule has 0 fully saturated rings. The number of benzene rings is 1. The molecule has 11 heteroatoms. The maximum absolute atomic E-state index is 12.5. The van der Waals surface area contributed by atoms with Crippen molar-refractivity contribution in [3.05, 3.63) is 34.8 Å². The number of ether oxygens (including phenoxy) is 1. The maximum atomic E-state index is 12.5. The molecule has 34 heavy (non-hydrogen) atoms. The minimum absolute atomic E-state index is 0.131. The highest BCUT2D eigenvalue weighted by Gasteiger charge is 2.19. The van der Waals surface area contributed by atoms with E-state index in [1.165, 1.54) is 28.0 Å². The second-order valence-electron chi connectivity index (χ2n) is 7.75. The number of nitrogens with one attached hydrogen (secondary N) is 1. The fraction of sp³-hybridized carbons (Fsp3) is 0.435. The monoisotopic (exact) mass is 502 g/mol. The zero-order valence-electron chi connectivity index (χ0n) is 20.1. The topological polar surface area (TPSA) is 102 Å². The summed E-state index contributed by atoms with van der Waals surface area (Å²) in [5.74, 6) is 1.38. The molecule has 0 radical (unpaired) electrons. The maximum Gasteiger partial charge on any atom is 0.265 e. The second-order valence-corrected chi connectivity index (χ2v) is 9.69. The number of rotatable bonds is 11. The molecule has 0 unspecified atom stereocenters. The SMILES string of the molecule is CCCCOc1ccc(-c2nnc(SCC(=O)Nc3nc(C)c(C(=O)N(C)C)s3)n2CC)cc1. The number of unbranched alkanes of at least 4 members (excludes halogenated alkanes) is 1. The van der Waals surface area contributed by atoms with Gasteiger partial charge in [-0.3, -0.25) is 9.59 Å². The van der Waals surface area contributed by atoms with Gasteiger partial charge in [-0.25, -0.2) is 4.98 Å². The van der Waals surface area contributed by atoms with Crippen LogP contribution in [0.1, 0.15) is 42.1 Å². The molecular formula is C23H30N6O3S2. The number of anilines is 1. The largest absolute Gasteiger partial charge is 0.494 e. The molecule has 0 bridgehead atoms. The molecule has 0 aliphatic rings. The van der Waals surface area contributed by atoms with Gasteiger partial charge in [0.15, 0.2) is 16.1 Å². The van der Waals surface area contributed by atoms with Crippen LogP contribution in [-0.2, 0) is 11.3 Å². The van der Waals surface area contributed by atoms with E-state index in [2.05, 4.69) is 27.4 Å². The van der Waals surface area contributed by atoms with Crippen molar-refractivity contribution in [2.75, 3.05) is 31.8 Å². The Bertz CT molecular complexity index is 1120. The lowest BCUT2D eigenvalue weighted by molar-refractivity contribution is -0.113. The third kappa shape index (κ3) is 6.35. The standard InChI is InChI=1S/C23H30N6O3S2/c1-6-8-13-32-17-11-9-16(10-12-17)20-26-27-23(29(20)7-2)33-14-18(30)25-22-24-15(3)19(34-22)21(31)28(4)5/h9-12H,6-8,13-14H2,1-5H3,(H,24,25,30). The van der Waals surface area contributed by atoms with Crippen LogP contribution in [0.2, 0.25) is 0 Å². The Morgan fingerprint density at radius 1 is 1.18 bits per heavy atom. The number of hydrogen-bond donors (Lipinski definition) is 1. The predicted molar refractivity (Wildman–Crippen MR) is 136 cm³/mol. The minimum atomic E-state index is -0.219. The van der Waals surface area contributed by atoms with Crippen molar-refractivity contribution in [1.29, 1.82) is 0 Å². The first kappa shape index (κ1) is 25.7. The minimum Gasteiger partial charge on any atom is -0.494 e. The van der Waals surface area contributed by atoms with Crippen LogP contribution < -0.4 is 10.1 Å². The van der Waals surface area contributed by atoms with Crippen LogP contribution in [-0.4, -0.2) is 62.9 Å². The third-order valence-corrected chi connectivity index (χ3v) is 6.92. The number of hydrogen-bond acceptors (Lipinski definition) is 8. The van der Waals surface area contributed by atoms with E-state index >= 15 is 0 Å². The lowest BCUT2D eigenvalue weighted by Gasteiger charge is -2.09. The molecule has 182 valence electrons. The Balaban J connectivity index is 1.62. The first-order valence-electron chi connectivity index (χ1n) is 11.1. The molecule has 0 saturated heterocycles. The molecule has 1 aromatic carbocycles. The second kappa shape index (κ2) is 12.0. The number of thiazole rings is 1. The van der Waals surface area contributed by atoms with Gasteiger partial charge in [-0.05, 0) is 44.5 Å². The van der Waals surface area contributed by atoms with E-state index in [0.29, 0.717) is 34.0 Å². The number of aryl methyl sites for hydroxylation is 1. The fourth-order valence-corrected chi connectivity index (χ4v) is 4.87. The van der Waals surface area contributed by atoms with E-state index in [1.54, 1.807) is 21.0 Å². The van der Waals surface area contributed by atoms with Gasteiger partial charge in [-0.15, -0.1) is 10.2 Å². The van der Waals surface area contributed by atoms with E-state index in [-0.39, 0.29) is 17.6 Å². The van der Waals surface area contributed by atoms with Crippen molar-refractivity contribution in [1.82, 2.24) is 24.6 Å². The van der Waals surface area contributed by atoms with E-state index in [0.717, 1.165) is 30.0 Å². The summed E-state index contributed by atoms with van der Waals surface area (Å²) in [6, 6.07) is 7.81. The fourth-order valence-electron chi connectivity index (χ4n) is 3.07. The van der Waals surface area contributed by atoms with E-state index in [9.17, 15) is 9.59 Å². The molecular weight excluding hydrogens is 472 g/mol. The van der Waals surface area contributed by atoms with Gasteiger partial charge in [-0.1, -0.05) is 36.4 Å². The summed E-state index contributed by atoms with van der Waals surface area (Å²) in [6.45, 7) is 7.28. The van der Waals surface area contributed by atoms with Crippen molar-refractivity contribution in [2.24, 2.45) is 0 Å². The van der Waals surface area contributed by atoms with Crippen LogP contribution in [0.3, 0.4) is 0 Å². The van der Waals surface area contributed by atoms with Gasteiger partial charge < -0.3 is 19.5 Å². The highest BCUT2D eigenvalue weighted by molar-refractivity contribution is 7.99. The van der Waals surface area contributed by atoms with Crippen LogP contribution in [0, 0.1) is 6.92 Å². The van der Waals surface area contributed by atoms with Crippen molar-refractivity contribution >= 4 is 40.0 Å². The third-order valence-electron chi connectivity index (χ3n) is 4.89. The molecule has 2 amide bonds. The zero-order valence-corrected chi connectivity index (χ0v) is 21.8. The molecule has 3 rings (SSSR count). The summed E-state index contributed by atoms with van der Waals surface area (Å²) in [6.07, 6.45) is 2.12. The van der Waals surface area contributed by atoms with E-state index in [4.69, 9.17) is 4.74 Å². The van der Waals surface area contributed by atoms with Crippen LogP contribution in [0.5, 0.6) is 5.75 Å². The zero-order chi connectivity index (χ0) is 24.7. The molecule has 1 N–H and O–H groups in total. The Labute approximate surface area is 207 Å². The van der Waals surface area contributed by atoms with Gasteiger partial charge in [0.1, 0.15) is 10.6 Å². The van der Waals surface area contributed by atoms with Gasteiger partial charge in [0.05, 0.1) is 18.1 Å². The highest BCUT2D eigenvalue weighted by Crippen LogP contribution is 2.27. The Kier molecular flexibility index (Phi) is 9.05. The van der Waals surface area contributed by atoms with Gasteiger partial charge in [0.25, 0.3) is 5.91 Å². The highest BCUT2D eigenvalue weighted by atomic mass is 32.2. The van der Waals surface area contributed by atoms with Gasteiger partial charge in [0, 0.05) is 26.2 Å². The summed E-state index contributed by atoms with van der Waals surface area (Å²) >= 11 is 2.48. The van der Waals surface area contributed by atoms with Gasteiger partial charge in [-0.2, -0.15) is 0 Å². The normalized spacial score (nSPS) is 10.9. The van der Waals surface area contributed by atoms with E-state index in [1.807, 2.05) is 35.8 Å². The average Bonchev–Trinajstić information content (AvgIpc) is 3.40. The predicted octanol–water partition coefficient (Wildman–Crippen LogP) is 4.34. The summed E-state index contributed by atoms with van der Waals surface area (Å²) in [4.78, 5) is 31.0. The van der Waals surface area contributed by atoms with Gasteiger partial charge >= 0.3 is 0 Å². The molecule has 2 heterocycles. The number of carbonyl (C=O) groups is 2. The summed E-state index contributed by atoms with van der Waals surface area (Å²) in [5, 5.41) is 12.5. The average molecular weight is 503 g/mol. The number of aromatic nitrogens is 4. The molecule has 3 aromatic rings. The number of amides is 2. The molecule has 2 aromatic heterocycles. The molecule has 0 aliphatic carbocycles. The first-order valence-corrected chi connectivity index (χ1v) is 12.9. The van der Waals surface area contributed by atoms with Gasteiger partial charge in [0.2, 0.25) is 5.91 Å². The van der Waals surface area contributed by atoms with E-state index < -0.39 is 0 Å². The molecule has 9 nitrogen and oxygen atoms in total. The Morgan fingerprint density at radius 3 is 2.56 bits per heavy atom. The van der Waals surface area contributed by atoms with Crippen molar-refractivity contribution in [2.45, 2.75) is 45.3 Å². The number of thioether (sulfide) groups is 1. The number of nitrogens with zero attached hydrogens (tertiary/aromatic N) is 5.